The SMILES string of the molecule is COc1cccc(C(C)N2CCN(C3CCNC3)CC2)c1. The van der Waals surface area contributed by atoms with Crippen LogP contribution in [0.1, 0.15) is 24.9 Å². The van der Waals surface area contributed by atoms with Crippen LogP contribution >= 0.6 is 0 Å². The van der Waals surface area contributed by atoms with E-state index in [4.69, 9.17) is 4.74 Å². The summed E-state index contributed by atoms with van der Waals surface area (Å²) >= 11 is 0. The van der Waals surface area contributed by atoms with Gasteiger partial charge < -0.3 is 10.1 Å². The second kappa shape index (κ2) is 6.77. The first-order valence-electron chi connectivity index (χ1n) is 8.10. The predicted molar refractivity (Wildman–Crippen MR) is 85.8 cm³/mol. The Hall–Kier alpha value is -1.10. The van der Waals surface area contributed by atoms with Gasteiger partial charge in [-0.05, 0) is 37.6 Å². The highest BCUT2D eigenvalue weighted by Crippen LogP contribution is 2.25. The Labute approximate surface area is 128 Å². The van der Waals surface area contributed by atoms with Gasteiger partial charge in [0.05, 0.1) is 7.11 Å². The van der Waals surface area contributed by atoms with Crippen molar-refractivity contribution < 1.29 is 4.74 Å². The summed E-state index contributed by atoms with van der Waals surface area (Å²) in [5.41, 5.74) is 1.35. The molecule has 0 aliphatic carbocycles. The molecule has 2 heterocycles. The number of hydrogen-bond acceptors (Lipinski definition) is 4. The first-order valence-corrected chi connectivity index (χ1v) is 8.10. The van der Waals surface area contributed by atoms with Crippen LogP contribution in [0.15, 0.2) is 24.3 Å². The number of piperazine rings is 1. The molecule has 1 N–H and O–H groups in total. The van der Waals surface area contributed by atoms with E-state index in [1.165, 1.54) is 38.2 Å². The van der Waals surface area contributed by atoms with Crippen molar-refractivity contribution in [3.63, 3.8) is 0 Å². The monoisotopic (exact) mass is 289 g/mol. The molecule has 0 aromatic heterocycles. The van der Waals surface area contributed by atoms with Crippen LogP contribution in [0.25, 0.3) is 0 Å². The summed E-state index contributed by atoms with van der Waals surface area (Å²) in [6.45, 7) is 9.38. The van der Waals surface area contributed by atoms with Crippen LogP contribution in [-0.4, -0.2) is 62.2 Å². The largest absolute Gasteiger partial charge is 0.497 e. The lowest BCUT2D eigenvalue weighted by Crippen LogP contribution is -2.51. The van der Waals surface area contributed by atoms with Crippen LogP contribution in [0.5, 0.6) is 5.75 Å². The topological polar surface area (TPSA) is 27.7 Å². The normalized spacial score (nSPS) is 25.9. The Bertz CT molecular complexity index is 451. The summed E-state index contributed by atoms with van der Waals surface area (Å²) < 4.78 is 5.34. The first-order chi connectivity index (χ1) is 10.3. The van der Waals surface area contributed by atoms with Gasteiger partial charge in [-0.25, -0.2) is 0 Å². The molecule has 2 fully saturated rings. The van der Waals surface area contributed by atoms with E-state index in [0.29, 0.717) is 6.04 Å². The molecule has 0 bridgehead atoms. The molecule has 4 nitrogen and oxygen atoms in total. The third-order valence-corrected chi connectivity index (χ3v) is 5.02. The molecule has 2 saturated heterocycles. The first kappa shape index (κ1) is 14.8. The van der Waals surface area contributed by atoms with Gasteiger partial charge in [0.25, 0.3) is 0 Å². The molecule has 2 aliphatic rings. The average molecular weight is 289 g/mol. The number of benzene rings is 1. The second-order valence-corrected chi connectivity index (χ2v) is 6.17. The van der Waals surface area contributed by atoms with Crippen molar-refractivity contribution in [1.82, 2.24) is 15.1 Å². The highest BCUT2D eigenvalue weighted by atomic mass is 16.5. The van der Waals surface area contributed by atoms with Gasteiger partial charge in [-0.15, -0.1) is 0 Å². The zero-order valence-electron chi connectivity index (χ0n) is 13.2. The van der Waals surface area contributed by atoms with Crippen molar-refractivity contribution in [3.05, 3.63) is 29.8 Å². The average Bonchev–Trinajstić information content (AvgIpc) is 3.09. The molecule has 1 aromatic carbocycles. The Balaban J connectivity index is 1.57. The zero-order chi connectivity index (χ0) is 14.7. The van der Waals surface area contributed by atoms with Crippen LogP contribution in [0.2, 0.25) is 0 Å². The number of methoxy groups -OCH3 is 1. The lowest BCUT2D eigenvalue weighted by atomic mass is 10.1. The van der Waals surface area contributed by atoms with Crippen LogP contribution in [0.3, 0.4) is 0 Å². The molecule has 3 rings (SSSR count). The van der Waals surface area contributed by atoms with Crippen molar-refractivity contribution in [2.45, 2.75) is 25.4 Å². The van der Waals surface area contributed by atoms with Crippen molar-refractivity contribution in [3.8, 4) is 5.75 Å². The standard InChI is InChI=1S/C17H27N3O/c1-14(15-4-3-5-17(12-15)21-2)19-8-10-20(11-9-19)16-6-7-18-13-16/h3-5,12,14,16,18H,6-11,13H2,1-2H3. The highest BCUT2D eigenvalue weighted by Gasteiger charge is 2.28. The molecular weight excluding hydrogens is 262 g/mol. The Kier molecular flexibility index (Phi) is 4.78. The number of rotatable bonds is 4. The summed E-state index contributed by atoms with van der Waals surface area (Å²) in [6, 6.07) is 9.70. The number of hydrogen-bond donors (Lipinski definition) is 1. The third-order valence-electron chi connectivity index (χ3n) is 5.02. The van der Waals surface area contributed by atoms with E-state index in [9.17, 15) is 0 Å². The maximum atomic E-state index is 5.34. The summed E-state index contributed by atoms with van der Waals surface area (Å²) in [5.74, 6) is 0.954. The predicted octanol–water partition coefficient (Wildman–Crippen LogP) is 1.74. The molecule has 2 unspecified atom stereocenters. The smallest absolute Gasteiger partial charge is 0.119 e. The van der Waals surface area contributed by atoms with Gasteiger partial charge in [0.2, 0.25) is 0 Å². The van der Waals surface area contributed by atoms with Gasteiger partial charge in [-0.1, -0.05) is 12.1 Å². The van der Waals surface area contributed by atoms with Gasteiger partial charge in [-0.2, -0.15) is 0 Å². The lowest BCUT2D eigenvalue weighted by Gasteiger charge is -2.40. The van der Waals surface area contributed by atoms with Crippen molar-refractivity contribution in [1.29, 1.82) is 0 Å². The minimum absolute atomic E-state index is 0.462. The molecule has 4 heteroatoms. The van der Waals surface area contributed by atoms with Crippen LogP contribution < -0.4 is 10.1 Å². The third kappa shape index (κ3) is 3.39. The van der Waals surface area contributed by atoms with E-state index < -0.39 is 0 Å². The molecular formula is C17H27N3O. The summed E-state index contributed by atoms with van der Waals surface area (Å²) in [6.07, 6.45) is 1.31. The van der Waals surface area contributed by atoms with Crippen LogP contribution in [0, 0.1) is 0 Å². The molecule has 2 aliphatic heterocycles. The molecule has 0 amide bonds. The van der Waals surface area contributed by atoms with Crippen molar-refractivity contribution >= 4 is 0 Å². The molecule has 21 heavy (non-hydrogen) atoms. The number of nitrogens with zero attached hydrogens (tertiary/aromatic N) is 2. The minimum Gasteiger partial charge on any atom is -0.497 e. The van der Waals surface area contributed by atoms with E-state index in [1.54, 1.807) is 7.11 Å². The maximum absolute atomic E-state index is 5.34. The van der Waals surface area contributed by atoms with Crippen molar-refractivity contribution in [2.75, 3.05) is 46.4 Å². The highest BCUT2D eigenvalue weighted by molar-refractivity contribution is 5.30. The van der Waals surface area contributed by atoms with E-state index in [-0.39, 0.29) is 0 Å². The summed E-state index contributed by atoms with van der Waals surface area (Å²) in [4.78, 5) is 5.25. The quantitative estimate of drug-likeness (QED) is 0.914. The van der Waals surface area contributed by atoms with Gasteiger partial charge in [-0.3, -0.25) is 9.80 Å². The Morgan fingerprint density at radius 2 is 2.05 bits per heavy atom. The van der Waals surface area contributed by atoms with E-state index >= 15 is 0 Å². The van der Waals surface area contributed by atoms with Crippen molar-refractivity contribution in [2.24, 2.45) is 0 Å². The Morgan fingerprint density at radius 3 is 2.71 bits per heavy atom. The molecule has 116 valence electrons. The molecule has 0 radical (unpaired) electrons. The summed E-state index contributed by atoms with van der Waals surface area (Å²) in [5, 5.41) is 3.47. The molecule has 1 aromatic rings. The van der Waals surface area contributed by atoms with E-state index in [1.807, 2.05) is 6.07 Å². The molecule has 0 spiro atoms. The van der Waals surface area contributed by atoms with Gasteiger partial charge in [0.1, 0.15) is 5.75 Å². The molecule has 0 saturated carbocycles. The van der Waals surface area contributed by atoms with Gasteiger partial charge >= 0.3 is 0 Å². The fraction of sp³-hybridized carbons (Fsp3) is 0.647. The van der Waals surface area contributed by atoms with Crippen LogP contribution in [-0.2, 0) is 0 Å². The number of ether oxygens (including phenoxy) is 1. The van der Waals surface area contributed by atoms with Gasteiger partial charge in [0, 0.05) is 44.8 Å². The van der Waals surface area contributed by atoms with E-state index in [0.717, 1.165) is 24.9 Å². The van der Waals surface area contributed by atoms with E-state index in [2.05, 4.69) is 40.2 Å². The lowest BCUT2D eigenvalue weighted by molar-refractivity contribution is 0.0786. The van der Waals surface area contributed by atoms with Crippen LogP contribution in [0.4, 0.5) is 0 Å². The fourth-order valence-electron chi connectivity index (χ4n) is 3.55. The summed E-state index contributed by atoms with van der Waals surface area (Å²) in [7, 11) is 1.73. The van der Waals surface area contributed by atoms with Gasteiger partial charge in [0.15, 0.2) is 0 Å². The fourth-order valence-corrected chi connectivity index (χ4v) is 3.55. The second-order valence-electron chi connectivity index (χ2n) is 6.17. The minimum atomic E-state index is 0.462. The number of nitrogens with one attached hydrogen (secondary N) is 1. The maximum Gasteiger partial charge on any atom is 0.119 e. The molecule has 2 atom stereocenters. The zero-order valence-corrected chi connectivity index (χ0v) is 13.2. The Morgan fingerprint density at radius 1 is 1.24 bits per heavy atom.